The molecule has 1 heterocycles. The van der Waals surface area contributed by atoms with Crippen molar-refractivity contribution in [1.82, 2.24) is 4.90 Å². The molecule has 1 saturated heterocycles. The van der Waals surface area contributed by atoms with E-state index in [2.05, 4.69) is 0 Å². The first-order chi connectivity index (χ1) is 4.79. The van der Waals surface area contributed by atoms with Gasteiger partial charge in [-0.25, -0.2) is 0 Å². The van der Waals surface area contributed by atoms with Crippen LogP contribution in [0.3, 0.4) is 0 Å². The third kappa shape index (κ3) is 6.91. The van der Waals surface area contributed by atoms with Gasteiger partial charge in [-0.3, -0.25) is 8.63 Å². The van der Waals surface area contributed by atoms with Crippen molar-refractivity contribution < 1.29 is 64.7 Å². The van der Waals surface area contributed by atoms with Crippen molar-refractivity contribution in [1.29, 1.82) is 0 Å². The van der Waals surface area contributed by atoms with Crippen LogP contribution < -0.4 is 56.1 Å². The summed E-state index contributed by atoms with van der Waals surface area (Å²) < 4.78 is 23.6. The first-order valence-electron chi connectivity index (χ1n) is 3.79. The van der Waals surface area contributed by atoms with E-state index in [0.717, 1.165) is 25.9 Å². The quantitative estimate of drug-likeness (QED) is 0.410. The van der Waals surface area contributed by atoms with E-state index in [1.165, 1.54) is 6.42 Å². The molecule has 0 unspecified atom stereocenters. The molecule has 12 heavy (non-hydrogen) atoms. The largest absolute Gasteiger partial charge is 1.00 e. The maximum atomic E-state index is 11.8. The van der Waals surface area contributed by atoms with Gasteiger partial charge >= 0.3 is 58.7 Å². The number of piperidine rings is 1. The number of rotatable bonds is 2. The van der Waals surface area contributed by atoms with E-state index in [9.17, 15) is 8.63 Å². The molecule has 1 aliphatic rings. The fourth-order valence-electron chi connectivity index (χ4n) is 1.34. The van der Waals surface area contributed by atoms with E-state index in [0.29, 0.717) is 0 Å². The van der Waals surface area contributed by atoms with Crippen LogP contribution in [0.15, 0.2) is 0 Å². The first kappa shape index (κ1) is 15.9. The summed E-state index contributed by atoms with van der Waals surface area (Å²) >= 11 is 0. The van der Waals surface area contributed by atoms with Crippen LogP contribution in [0.5, 0.6) is 0 Å². The predicted octanol–water partition coefficient (Wildman–Crippen LogP) is -4.55. The third-order valence-corrected chi connectivity index (χ3v) is 1.84. The predicted molar refractivity (Wildman–Crippen MR) is 38.3 cm³/mol. The molecule has 0 aromatic rings. The number of likely N-dealkylation sites (tertiary alicyclic amines) is 1. The molecule has 0 atom stereocenters. The topological polar surface area (TPSA) is 3.24 Å². The van der Waals surface area contributed by atoms with Crippen LogP contribution in [-0.4, -0.2) is 31.7 Å². The van der Waals surface area contributed by atoms with Crippen LogP contribution in [0.25, 0.3) is 0 Å². The Balaban J connectivity index is 0. The van der Waals surface area contributed by atoms with E-state index < -0.39 is 7.27 Å². The SMILES string of the molecule is FB(F)CN1CCCCC1.[F-].[K+]. The molecule has 1 rings (SSSR count). The summed E-state index contributed by atoms with van der Waals surface area (Å²) in [6.07, 6.45) is 3.36. The molecule has 0 bridgehead atoms. The van der Waals surface area contributed by atoms with Crippen LogP contribution in [0.1, 0.15) is 19.3 Å². The van der Waals surface area contributed by atoms with E-state index in [4.69, 9.17) is 0 Å². The minimum atomic E-state index is -2.15. The smallest absolute Gasteiger partial charge is 1.00 e. The molecule has 6 heteroatoms. The van der Waals surface area contributed by atoms with Gasteiger partial charge in [0.1, 0.15) is 0 Å². The molecule has 0 radical (unpaired) electrons. The normalized spacial score (nSPS) is 17.5. The summed E-state index contributed by atoms with van der Waals surface area (Å²) in [6.45, 7) is 1.73. The van der Waals surface area contributed by atoms with Gasteiger partial charge in [0, 0.05) is 6.44 Å². The first-order valence-corrected chi connectivity index (χ1v) is 3.79. The average molecular weight is 205 g/mol. The molecule has 1 nitrogen and oxygen atoms in total. The van der Waals surface area contributed by atoms with Crippen molar-refractivity contribution in [2.24, 2.45) is 0 Å². The average Bonchev–Trinajstić information content (AvgIpc) is 1.88. The molecule has 1 aliphatic heterocycles. The zero-order valence-corrected chi connectivity index (χ0v) is 10.5. The van der Waals surface area contributed by atoms with Crippen LogP contribution in [0.4, 0.5) is 8.63 Å². The van der Waals surface area contributed by atoms with E-state index in [1.54, 1.807) is 0 Å². The summed E-state index contributed by atoms with van der Waals surface area (Å²) in [7, 11) is -2.15. The summed E-state index contributed by atoms with van der Waals surface area (Å²) in [4.78, 5) is 1.84. The summed E-state index contributed by atoms with van der Waals surface area (Å²) in [5, 5.41) is 0. The van der Waals surface area contributed by atoms with Crippen LogP contribution >= 0.6 is 0 Å². The summed E-state index contributed by atoms with van der Waals surface area (Å²) in [5.74, 6) is 0. The zero-order valence-electron chi connectivity index (χ0n) is 7.40. The second kappa shape index (κ2) is 9.02. The van der Waals surface area contributed by atoms with Crippen molar-refractivity contribution in [2.45, 2.75) is 19.3 Å². The Hall–Kier alpha value is 1.45. The summed E-state index contributed by atoms with van der Waals surface area (Å²) in [6, 6.07) is 0. The third-order valence-electron chi connectivity index (χ3n) is 1.84. The Labute approximate surface area is 114 Å². The number of hydrogen-bond acceptors (Lipinski definition) is 1. The van der Waals surface area contributed by atoms with Gasteiger partial charge in [-0.2, -0.15) is 0 Å². The van der Waals surface area contributed by atoms with E-state index >= 15 is 0 Å². The van der Waals surface area contributed by atoms with Gasteiger partial charge in [-0.15, -0.1) is 0 Å². The van der Waals surface area contributed by atoms with Gasteiger partial charge in [0.2, 0.25) is 0 Å². The fraction of sp³-hybridized carbons (Fsp3) is 1.00. The molecule has 0 aromatic carbocycles. The van der Waals surface area contributed by atoms with Crippen molar-refractivity contribution in [2.75, 3.05) is 19.5 Å². The van der Waals surface area contributed by atoms with Crippen molar-refractivity contribution in [3.8, 4) is 0 Å². The molecule has 0 spiro atoms. The number of halogens is 3. The van der Waals surface area contributed by atoms with Gasteiger partial charge in [-0.05, 0) is 25.9 Å². The van der Waals surface area contributed by atoms with Crippen LogP contribution in [0, 0.1) is 0 Å². The van der Waals surface area contributed by atoms with Gasteiger partial charge in [0.05, 0.1) is 0 Å². The molecule has 1 fully saturated rings. The number of nitrogens with zero attached hydrogens (tertiary/aromatic N) is 1. The zero-order chi connectivity index (χ0) is 7.40. The van der Waals surface area contributed by atoms with Crippen LogP contribution in [-0.2, 0) is 0 Å². The van der Waals surface area contributed by atoms with Gasteiger partial charge in [0.15, 0.2) is 0 Å². The Morgan fingerprint density at radius 1 is 1.08 bits per heavy atom. The molecular weight excluding hydrogens is 193 g/mol. The second-order valence-corrected chi connectivity index (χ2v) is 2.75. The second-order valence-electron chi connectivity index (χ2n) is 2.75. The molecule has 0 aliphatic carbocycles. The van der Waals surface area contributed by atoms with Crippen LogP contribution in [0.2, 0.25) is 0 Å². The Morgan fingerprint density at radius 2 is 1.58 bits per heavy atom. The van der Waals surface area contributed by atoms with Gasteiger partial charge in [-0.1, -0.05) is 6.42 Å². The molecule has 66 valence electrons. The van der Waals surface area contributed by atoms with Crippen molar-refractivity contribution in [3.63, 3.8) is 0 Å². The van der Waals surface area contributed by atoms with E-state index in [1.807, 2.05) is 4.90 Å². The molecule has 0 N–H and O–H groups in total. The van der Waals surface area contributed by atoms with Crippen molar-refractivity contribution in [3.05, 3.63) is 0 Å². The Bertz CT molecular complexity index is 101. The summed E-state index contributed by atoms with van der Waals surface area (Å²) in [5.41, 5.74) is 0. The maximum absolute atomic E-state index is 11.8. The van der Waals surface area contributed by atoms with Gasteiger partial charge < -0.3 is 9.60 Å². The monoisotopic (exact) mass is 205 g/mol. The Morgan fingerprint density at radius 3 is 2.00 bits per heavy atom. The van der Waals surface area contributed by atoms with E-state index in [-0.39, 0.29) is 62.5 Å². The van der Waals surface area contributed by atoms with Gasteiger partial charge in [0.25, 0.3) is 0 Å². The minimum Gasteiger partial charge on any atom is -1.00 e. The fourth-order valence-corrected chi connectivity index (χ4v) is 1.34. The molecule has 0 saturated carbocycles. The molecular formula is C6H12BF3KN. The minimum absolute atomic E-state index is 0. The standard InChI is InChI=1S/C6H12BF2N.FH.K/c8-7(9)6-10-4-2-1-3-5-10;;/h1-6H2;1H;/q;;+1/p-1. The Kier molecular flexibility index (Phi) is 12.0. The molecule has 0 aromatic heterocycles. The van der Waals surface area contributed by atoms with Crippen molar-refractivity contribution >= 4 is 7.27 Å². The number of hydrogen-bond donors (Lipinski definition) is 0. The maximum Gasteiger partial charge on any atom is 1.00 e. The molecule has 0 amide bonds.